The van der Waals surface area contributed by atoms with E-state index < -0.39 is 0 Å². The topological polar surface area (TPSA) is 71.8 Å². The second-order valence-corrected chi connectivity index (χ2v) is 8.36. The van der Waals surface area contributed by atoms with Crippen LogP contribution in [0.15, 0.2) is 48.5 Å². The van der Waals surface area contributed by atoms with Gasteiger partial charge in [-0.05, 0) is 43.3 Å². The van der Waals surface area contributed by atoms with Gasteiger partial charge in [0, 0.05) is 29.1 Å². The highest BCUT2D eigenvalue weighted by Gasteiger charge is 2.26. The molecule has 0 aliphatic carbocycles. The predicted octanol–water partition coefficient (Wildman–Crippen LogP) is 4.37. The molecule has 0 bridgehead atoms. The van der Waals surface area contributed by atoms with E-state index in [2.05, 4.69) is 5.32 Å². The summed E-state index contributed by atoms with van der Waals surface area (Å²) >= 11 is 1.60. The zero-order chi connectivity index (χ0) is 20.7. The largest absolute Gasteiger partial charge is 0.497 e. The second kappa shape index (κ2) is 7.46. The number of ether oxygens (including phenoxy) is 1. The van der Waals surface area contributed by atoms with E-state index in [4.69, 9.17) is 14.8 Å². The number of fused-ring (bicyclic) bond motifs is 3. The minimum atomic E-state index is -0.0811. The number of urea groups is 1. The molecule has 1 N–H and O–H groups in total. The summed E-state index contributed by atoms with van der Waals surface area (Å²) in [5, 5.41) is 7.69. The number of nitrogens with zero attached hydrogens (tertiary/aromatic N) is 4. The number of carbonyl (C=O) groups excluding carboxylic acids is 1. The molecule has 8 heteroatoms. The lowest BCUT2D eigenvalue weighted by Crippen LogP contribution is -2.38. The highest BCUT2D eigenvalue weighted by atomic mass is 32.1. The van der Waals surface area contributed by atoms with Crippen LogP contribution in [-0.4, -0.2) is 39.2 Å². The Kier molecular flexibility index (Phi) is 4.63. The summed E-state index contributed by atoms with van der Waals surface area (Å²) in [5.74, 6) is 1.51. The molecule has 0 saturated carbocycles. The van der Waals surface area contributed by atoms with Gasteiger partial charge < -0.3 is 15.0 Å². The molecule has 0 unspecified atom stereocenters. The summed E-state index contributed by atoms with van der Waals surface area (Å²) in [6.45, 7) is 3.24. The summed E-state index contributed by atoms with van der Waals surface area (Å²) in [7, 11) is 1.65. The first-order chi connectivity index (χ1) is 14.6. The summed E-state index contributed by atoms with van der Waals surface area (Å²) in [6, 6.07) is 15.5. The number of hydrogen-bond donors (Lipinski definition) is 1. The number of aromatic nitrogens is 3. The fourth-order valence-electron chi connectivity index (χ4n) is 3.56. The van der Waals surface area contributed by atoms with Gasteiger partial charge in [0.25, 0.3) is 0 Å². The van der Waals surface area contributed by atoms with Gasteiger partial charge in [0.1, 0.15) is 5.75 Å². The average molecular weight is 420 g/mol. The minimum Gasteiger partial charge on any atom is -0.497 e. The van der Waals surface area contributed by atoms with Gasteiger partial charge >= 0.3 is 6.03 Å². The normalized spacial score (nSPS) is 13.3. The van der Waals surface area contributed by atoms with Gasteiger partial charge in [-0.15, -0.1) is 5.10 Å². The molecule has 3 heterocycles. The first kappa shape index (κ1) is 18.6. The van der Waals surface area contributed by atoms with Crippen molar-refractivity contribution in [2.24, 2.45) is 0 Å². The lowest BCUT2D eigenvalue weighted by molar-refractivity contribution is 0.206. The smallest absolute Gasteiger partial charge is 0.322 e. The molecule has 0 fully saturated rings. The SMILES string of the molecule is COc1ccc(-c2nc3sc4c(n3n2)CCN(C(=O)Nc2ccc(C)cc2)C4)cc1. The maximum atomic E-state index is 12.7. The van der Waals surface area contributed by atoms with Crippen molar-refractivity contribution in [3.8, 4) is 17.1 Å². The average Bonchev–Trinajstić information content (AvgIpc) is 3.33. The number of benzene rings is 2. The van der Waals surface area contributed by atoms with Gasteiger partial charge in [0.15, 0.2) is 5.82 Å². The van der Waals surface area contributed by atoms with E-state index in [1.54, 1.807) is 18.4 Å². The number of methoxy groups -OCH3 is 1. The van der Waals surface area contributed by atoms with E-state index in [0.29, 0.717) is 18.9 Å². The lowest BCUT2D eigenvalue weighted by atomic mass is 10.2. The van der Waals surface area contributed by atoms with E-state index in [0.717, 1.165) is 39.0 Å². The number of aryl methyl sites for hydroxylation is 1. The van der Waals surface area contributed by atoms with Crippen LogP contribution in [0.4, 0.5) is 10.5 Å². The van der Waals surface area contributed by atoms with Crippen molar-refractivity contribution in [2.75, 3.05) is 19.0 Å². The van der Waals surface area contributed by atoms with Gasteiger partial charge in [-0.25, -0.2) is 9.31 Å². The number of carbonyl (C=O) groups is 1. The van der Waals surface area contributed by atoms with Gasteiger partial charge in [0.05, 0.1) is 19.3 Å². The van der Waals surface area contributed by atoms with Crippen molar-refractivity contribution in [3.63, 3.8) is 0 Å². The van der Waals surface area contributed by atoms with Crippen molar-refractivity contribution < 1.29 is 9.53 Å². The van der Waals surface area contributed by atoms with E-state index in [9.17, 15) is 4.79 Å². The fourth-order valence-corrected chi connectivity index (χ4v) is 4.68. The number of nitrogens with one attached hydrogen (secondary N) is 1. The third kappa shape index (κ3) is 3.39. The van der Waals surface area contributed by atoms with Gasteiger partial charge in [-0.1, -0.05) is 29.0 Å². The van der Waals surface area contributed by atoms with Crippen LogP contribution in [0.1, 0.15) is 16.1 Å². The van der Waals surface area contributed by atoms with Crippen LogP contribution in [0.2, 0.25) is 0 Å². The standard InChI is InChI=1S/C22H21N5O2S/c1-14-3-7-16(8-4-14)23-21(28)26-12-11-18-19(13-26)30-22-24-20(25-27(18)22)15-5-9-17(29-2)10-6-15/h3-10H,11-13H2,1-2H3,(H,23,28). The highest BCUT2D eigenvalue weighted by molar-refractivity contribution is 7.17. The Morgan fingerprint density at radius 2 is 1.90 bits per heavy atom. The van der Waals surface area contributed by atoms with E-state index in [1.165, 1.54) is 5.56 Å². The van der Waals surface area contributed by atoms with Crippen molar-refractivity contribution in [1.29, 1.82) is 0 Å². The third-order valence-corrected chi connectivity index (χ3v) is 6.32. The zero-order valence-corrected chi connectivity index (χ0v) is 17.6. The fraction of sp³-hybridized carbons (Fsp3) is 0.227. The number of anilines is 1. The molecule has 2 aromatic carbocycles. The molecule has 2 aromatic heterocycles. The molecular formula is C22H21N5O2S. The molecule has 0 spiro atoms. The van der Waals surface area contributed by atoms with Crippen LogP contribution in [-0.2, 0) is 13.0 Å². The van der Waals surface area contributed by atoms with Crippen molar-refractivity contribution >= 4 is 28.0 Å². The molecule has 0 saturated heterocycles. The van der Waals surface area contributed by atoms with Gasteiger partial charge in [-0.2, -0.15) is 4.98 Å². The highest BCUT2D eigenvalue weighted by Crippen LogP contribution is 2.30. The van der Waals surface area contributed by atoms with E-state index >= 15 is 0 Å². The monoisotopic (exact) mass is 419 g/mol. The molecule has 4 aromatic rings. The second-order valence-electron chi connectivity index (χ2n) is 7.30. The number of thiazole rings is 1. The molecule has 30 heavy (non-hydrogen) atoms. The van der Waals surface area contributed by atoms with Crippen molar-refractivity contribution in [1.82, 2.24) is 19.5 Å². The minimum absolute atomic E-state index is 0.0811. The van der Waals surface area contributed by atoms with E-state index in [-0.39, 0.29) is 6.03 Å². The first-order valence-corrected chi connectivity index (χ1v) is 10.6. The molecule has 2 amide bonds. The Balaban J connectivity index is 1.34. The maximum absolute atomic E-state index is 12.7. The summed E-state index contributed by atoms with van der Waals surface area (Å²) in [6.07, 6.45) is 0.752. The van der Waals surface area contributed by atoms with Crippen LogP contribution >= 0.6 is 11.3 Å². The van der Waals surface area contributed by atoms with Crippen molar-refractivity contribution in [3.05, 3.63) is 64.7 Å². The Morgan fingerprint density at radius 1 is 1.13 bits per heavy atom. The number of amides is 2. The van der Waals surface area contributed by atoms with E-state index in [1.807, 2.05) is 64.9 Å². The molecule has 0 radical (unpaired) electrons. The summed E-state index contributed by atoms with van der Waals surface area (Å²) < 4.78 is 7.14. The Bertz CT molecular complexity index is 1210. The Labute approximate surface area is 177 Å². The van der Waals surface area contributed by atoms with Crippen LogP contribution in [0.5, 0.6) is 5.75 Å². The number of hydrogen-bond acceptors (Lipinski definition) is 5. The molecule has 1 aliphatic rings. The summed E-state index contributed by atoms with van der Waals surface area (Å²) in [4.78, 5) is 21.2. The predicted molar refractivity (Wildman–Crippen MR) is 117 cm³/mol. The number of rotatable bonds is 3. The molecule has 152 valence electrons. The van der Waals surface area contributed by atoms with Crippen molar-refractivity contribution in [2.45, 2.75) is 19.9 Å². The third-order valence-electron chi connectivity index (χ3n) is 5.26. The van der Waals surface area contributed by atoms with Crippen LogP contribution in [0.25, 0.3) is 16.3 Å². The quantitative estimate of drug-likeness (QED) is 0.535. The van der Waals surface area contributed by atoms with Gasteiger partial charge in [0.2, 0.25) is 4.96 Å². The lowest BCUT2D eigenvalue weighted by Gasteiger charge is -2.26. The molecule has 1 aliphatic heterocycles. The zero-order valence-electron chi connectivity index (χ0n) is 16.8. The van der Waals surface area contributed by atoms with Crippen LogP contribution in [0, 0.1) is 6.92 Å². The van der Waals surface area contributed by atoms with Crippen LogP contribution in [0.3, 0.4) is 0 Å². The summed E-state index contributed by atoms with van der Waals surface area (Å²) in [5.41, 5.74) is 4.07. The Morgan fingerprint density at radius 3 is 2.63 bits per heavy atom. The molecule has 5 rings (SSSR count). The van der Waals surface area contributed by atoms with Gasteiger partial charge in [-0.3, -0.25) is 0 Å². The molecule has 0 atom stereocenters. The Hall–Kier alpha value is -3.39. The molecule has 7 nitrogen and oxygen atoms in total. The molecular weight excluding hydrogens is 398 g/mol. The maximum Gasteiger partial charge on any atom is 0.322 e. The first-order valence-electron chi connectivity index (χ1n) is 9.75. The van der Waals surface area contributed by atoms with Crippen LogP contribution < -0.4 is 10.1 Å².